The fraction of sp³-hybridized carbons (Fsp3) is 0.588. The van der Waals surface area contributed by atoms with Gasteiger partial charge in [-0.3, -0.25) is 4.79 Å². The van der Waals surface area contributed by atoms with Gasteiger partial charge in [0, 0.05) is 5.92 Å². The fourth-order valence-corrected chi connectivity index (χ4v) is 3.09. The van der Waals surface area contributed by atoms with Gasteiger partial charge in [-0.1, -0.05) is 62.9 Å². The van der Waals surface area contributed by atoms with E-state index in [-0.39, 0.29) is 24.5 Å². The summed E-state index contributed by atoms with van der Waals surface area (Å²) < 4.78 is 0. The van der Waals surface area contributed by atoms with Gasteiger partial charge in [0.1, 0.15) is 0 Å². The number of hydrogen-bond donors (Lipinski definition) is 2. The van der Waals surface area contributed by atoms with E-state index >= 15 is 0 Å². The molecular weight excluding hydrogens is 250 g/mol. The van der Waals surface area contributed by atoms with Crippen molar-refractivity contribution >= 4 is 5.91 Å². The largest absolute Gasteiger partial charge is 0.394 e. The molecule has 1 aromatic carbocycles. The van der Waals surface area contributed by atoms with Gasteiger partial charge in [0.05, 0.1) is 12.6 Å². The Morgan fingerprint density at radius 1 is 1.30 bits per heavy atom. The second-order valence-corrected chi connectivity index (χ2v) is 5.94. The molecule has 0 radical (unpaired) electrons. The predicted octanol–water partition coefficient (Wildman–Crippen LogP) is 3.05. The third-order valence-corrected chi connectivity index (χ3v) is 4.31. The van der Waals surface area contributed by atoms with Crippen molar-refractivity contribution in [1.29, 1.82) is 0 Å². The number of amides is 1. The molecule has 3 heteroatoms. The van der Waals surface area contributed by atoms with E-state index < -0.39 is 0 Å². The monoisotopic (exact) mass is 275 g/mol. The van der Waals surface area contributed by atoms with Gasteiger partial charge in [0.15, 0.2) is 0 Å². The molecule has 1 aromatic rings. The van der Waals surface area contributed by atoms with Gasteiger partial charge >= 0.3 is 0 Å². The molecule has 1 fully saturated rings. The lowest BCUT2D eigenvalue weighted by Crippen LogP contribution is -2.35. The highest BCUT2D eigenvalue weighted by molar-refractivity contribution is 5.78. The molecule has 0 spiro atoms. The molecule has 1 amide bonds. The molecule has 20 heavy (non-hydrogen) atoms. The van der Waals surface area contributed by atoms with Gasteiger partial charge in [-0.05, 0) is 17.9 Å². The van der Waals surface area contributed by atoms with Crippen molar-refractivity contribution in [3.8, 4) is 0 Å². The molecule has 1 saturated carbocycles. The smallest absolute Gasteiger partial charge is 0.223 e. The number of aliphatic hydroxyl groups excluding tert-OH is 1. The summed E-state index contributed by atoms with van der Waals surface area (Å²) in [5.74, 6) is 0.788. The minimum absolute atomic E-state index is 0.0239. The lowest BCUT2D eigenvalue weighted by molar-refractivity contribution is -0.126. The van der Waals surface area contributed by atoms with E-state index in [2.05, 4.69) is 5.32 Å². The van der Waals surface area contributed by atoms with E-state index in [0.717, 1.165) is 12.0 Å². The minimum Gasteiger partial charge on any atom is -0.394 e. The number of carbonyl (C=O) groups excluding carboxylic acids is 1. The van der Waals surface area contributed by atoms with E-state index in [0.29, 0.717) is 5.92 Å². The molecule has 0 bridgehead atoms. The Morgan fingerprint density at radius 3 is 2.55 bits per heavy atom. The highest BCUT2D eigenvalue weighted by Gasteiger charge is 2.23. The third-order valence-electron chi connectivity index (χ3n) is 4.31. The Kier molecular flexibility index (Phi) is 5.60. The Hall–Kier alpha value is -1.35. The quantitative estimate of drug-likeness (QED) is 0.838. The molecule has 1 unspecified atom stereocenters. The molecular formula is C17H25NO2. The van der Waals surface area contributed by atoms with Crippen LogP contribution >= 0.6 is 0 Å². The van der Waals surface area contributed by atoms with Crippen molar-refractivity contribution in [2.75, 3.05) is 6.61 Å². The standard InChI is InChI=1S/C17H25NO2/c1-13(11-14-7-5-6-8-14)17(20)18-16(12-19)15-9-3-2-4-10-15/h2-4,9-10,13-14,16,19H,5-8,11-12H2,1H3,(H,18,20)/t13?,16-/m1/s1. The summed E-state index contributed by atoms with van der Waals surface area (Å²) in [5.41, 5.74) is 0.955. The number of nitrogens with one attached hydrogen (secondary N) is 1. The maximum absolute atomic E-state index is 12.3. The van der Waals surface area contributed by atoms with Crippen LogP contribution in [0.15, 0.2) is 30.3 Å². The number of carbonyl (C=O) groups is 1. The number of aliphatic hydroxyl groups is 1. The Bertz CT molecular complexity index is 412. The van der Waals surface area contributed by atoms with E-state index in [1.165, 1.54) is 25.7 Å². The molecule has 0 aromatic heterocycles. The molecule has 0 saturated heterocycles. The number of hydrogen-bond acceptors (Lipinski definition) is 2. The molecule has 2 rings (SSSR count). The van der Waals surface area contributed by atoms with Gasteiger partial charge in [-0.2, -0.15) is 0 Å². The number of rotatable bonds is 6. The molecule has 2 N–H and O–H groups in total. The lowest BCUT2D eigenvalue weighted by Gasteiger charge is -2.21. The van der Waals surface area contributed by atoms with Crippen LogP contribution in [0.3, 0.4) is 0 Å². The SMILES string of the molecule is CC(CC1CCCC1)C(=O)N[C@H](CO)c1ccccc1. The third kappa shape index (κ3) is 4.07. The van der Waals surface area contributed by atoms with Crippen LogP contribution in [0.4, 0.5) is 0 Å². The van der Waals surface area contributed by atoms with Gasteiger partial charge in [-0.15, -0.1) is 0 Å². The summed E-state index contributed by atoms with van der Waals surface area (Å²) in [6.45, 7) is 1.93. The molecule has 2 atom stereocenters. The highest BCUT2D eigenvalue weighted by atomic mass is 16.3. The highest BCUT2D eigenvalue weighted by Crippen LogP contribution is 2.30. The van der Waals surface area contributed by atoms with Crippen LogP contribution in [0.1, 0.15) is 50.6 Å². The van der Waals surface area contributed by atoms with Crippen molar-refractivity contribution in [2.45, 2.75) is 45.1 Å². The van der Waals surface area contributed by atoms with Gasteiger partial charge in [0.2, 0.25) is 5.91 Å². The average Bonchev–Trinajstić information content (AvgIpc) is 2.98. The second kappa shape index (κ2) is 7.44. The van der Waals surface area contributed by atoms with Crippen molar-refractivity contribution < 1.29 is 9.90 Å². The molecule has 1 aliphatic rings. The van der Waals surface area contributed by atoms with E-state index in [9.17, 15) is 9.90 Å². The lowest BCUT2D eigenvalue weighted by atomic mass is 9.93. The van der Waals surface area contributed by atoms with E-state index in [1.807, 2.05) is 37.3 Å². The summed E-state index contributed by atoms with van der Waals surface area (Å²) >= 11 is 0. The molecule has 0 aliphatic heterocycles. The van der Waals surface area contributed by atoms with Gasteiger partial charge < -0.3 is 10.4 Å². The minimum atomic E-state index is -0.297. The first-order chi connectivity index (χ1) is 9.70. The van der Waals surface area contributed by atoms with Crippen molar-refractivity contribution in [2.24, 2.45) is 11.8 Å². The average molecular weight is 275 g/mol. The molecule has 1 aliphatic carbocycles. The van der Waals surface area contributed by atoms with Gasteiger partial charge in [-0.25, -0.2) is 0 Å². The van der Waals surface area contributed by atoms with Crippen LogP contribution < -0.4 is 5.32 Å². The Labute approximate surface area is 121 Å². The first kappa shape index (κ1) is 15.0. The maximum Gasteiger partial charge on any atom is 0.223 e. The summed E-state index contributed by atoms with van der Waals surface area (Å²) in [6, 6.07) is 9.35. The summed E-state index contributed by atoms with van der Waals surface area (Å²) in [7, 11) is 0. The fourth-order valence-electron chi connectivity index (χ4n) is 3.09. The number of benzene rings is 1. The van der Waals surface area contributed by atoms with Crippen LogP contribution in [-0.4, -0.2) is 17.6 Å². The zero-order chi connectivity index (χ0) is 14.4. The van der Waals surface area contributed by atoms with Crippen molar-refractivity contribution in [3.63, 3.8) is 0 Å². The first-order valence-electron chi connectivity index (χ1n) is 7.67. The van der Waals surface area contributed by atoms with Crippen LogP contribution in [0.2, 0.25) is 0 Å². The normalized spacial score (nSPS) is 18.7. The second-order valence-electron chi connectivity index (χ2n) is 5.94. The summed E-state index contributed by atoms with van der Waals surface area (Å²) in [4.78, 5) is 12.3. The van der Waals surface area contributed by atoms with E-state index in [4.69, 9.17) is 0 Å². The summed E-state index contributed by atoms with van der Waals surface area (Å²) in [6.07, 6.45) is 6.11. The van der Waals surface area contributed by atoms with Crippen LogP contribution in [0, 0.1) is 11.8 Å². The predicted molar refractivity (Wildman–Crippen MR) is 80.2 cm³/mol. The first-order valence-corrected chi connectivity index (χ1v) is 7.67. The topological polar surface area (TPSA) is 49.3 Å². The summed E-state index contributed by atoms with van der Waals surface area (Å²) in [5, 5.41) is 12.4. The zero-order valence-electron chi connectivity index (χ0n) is 12.2. The van der Waals surface area contributed by atoms with E-state index in [1.54, 1.807) is 0 Å². The van der Waals surface area contributed by atoms with Crippen LogP contribution in [-0.2, 0) is 4.79 Å². The van der Waals surface area contributed by atoms with Crippen molar-refractivity contribution in [1.82, 2.24) is 5.32 Å². The molecule has 3 nitrogen and oxygen atoms in total. The Balaban J connectivity index is 1.88. The molecule has 0 heterocycles. The zero-order valence-corrected chi connectivity index (χ0v) is 12.2. The maximum atomic E-state index is 12.3. The van der Waals surface area contributed by atoms with Crippen LogP contribution in [0.25, 0.3) is 0 Å². The Morgan fingerprint density at radius 2 is 1.95 bits per heavy atom. The van der Waals surface area contributed by atoms with Gasteiger partial charge in [0.25, 0.3) is 0 Å². The van der Waals surface area contributed by atoms with Crippen LogP contribution in [0.5, 0.6) is 0 Å². The van der Waals surface area contributed by atoms with Crippen molar-refractivity contribution in [3.05, 3.63) is 35.9 Å². The molecule has 110 valence electrons.